The van der Waals surface area contributed by atoms with Gasteiger partial charge < -0.3 is 5.41 Å². The van der Waals surface area contributed by atoms with E-state index < -0.39 is 0 Å². The van der Waals surface area contributed by atoms with Crippen LogP contribution in [-0.2, 0) is 0 Å². The zero-order valence-electron chi connectivity index (χ0n) is 12.7. The van der Waals surface area contributed by atoms with Crippen molar-refractivity contribution in [3.63, 3.8) is 0 Å². The lowest BCUT2D eigenvalue weighted by Crippen LogP contribution is -2.12. The lowest BCUT2D eigenvalue weighted by molar-refractivity contribution is 0.444. The number of nitrogens with zero attached hydrogens (tertiary/aromatic N) is 2. The van der Waals surface area contributed by atoms with Gasteiger partial charge in [0.1, 0.15) is 0 Å². The van der Waals surface area contributed by atoms with Gasteiger partial charge in [-0.1, -0.05) is 38.5 Å². The summed E-state index contributed by atoms with van der Waals surface area (Å²) in [4.78, 5) is 8.87. The van der Waals surface area contributed by atoms with Crippen LogP contribution in [0.15, 0.2) is 9.98 Å². The molecule has 0 aromatic carbocycles. The predicted molar refractivity (Wildman–Crippen MR) is 87.6 cm³/mol. The Bertz CT molecular complexity index is 302. The lowest BCUT2D eigenvalue weighted by Gasteiger charge is -2.17. The highest BCUT2D eigenvalue weighted by Gasteiger charge is 2.11. The van der Waals surface area contributed by atoms with E-state index in [1.165, 1.54) is 64.2 Å². The fraction of sp³-hybridized carbons (Fsp3) is 0.824. The fourth-order valence-electron chi connectivity index (χ4n) is 3.24. The quantitative estimate of drug-likeness (QED) is 0.702. The molecule has 0 bridgehead atoms. The summed E-state index contributed by atoms with van der Waals surface area (Å²) < 4.78 is 0. The molecule has 0 amide bonds. The van der Waals surface area contributed by atoms with E-state index in [9.17, 15) is 0 Å². The third-order valence-corrected chi connectivity index (χ3v) is 4.50. The van der Waals surface area contributed by atoms with Crippen molar-refractivity contribution in [3.05, 3.63) is 0 Å². The van der Waals surface area contributed by atoms with Gasteiger partial charge in [0, 0.05) is 12.4 Å². The predicted octanol–water partition coefficient (Wildman–Crippen LogP) is 4.31. The maximum atomic E-state index is 7.90. The molecule has 2 fully saturated rings. The molecule has 3 nitrogen and oxygen atoms in total. The summed E-state index contributed by atoms with van der Waals surface area (Å²) >= 11 is 0. The van der Waals surface area contributed by atoms with Crippen molar-refractivity contribution in [2.75, 3.05) is 13.1 Å². The van der Waals surface area contributed by atoms with Crippen LogP contribution < -0.4 is 0 Å². The van der Waals surface area contributed by atoms with Crippen LogP contribution in [0.4, 0.5) is 0 Å². The van der Waals surface area contributed by atoms with Crippen LogP contribution in [-0.4, -0.2) is 31.2 Å². The molecule has 2 rings (SSSR count). The summed E-state index contributed by atoms with van der Waals surface area (Å²) in [5, 5.41) is 7.90. The minimum absolute atomic E-state index is 0.540. The van der Waals surface area contributed by atoms with Crippen molar-refractivity contribution in [1.82, 2.24) is 0 Å². The van der Waals surface area contributed by atoms with Crippen LogP contribution in [0.25, 0.3) is 0 Å². The summed E-state index contributed by atoms with van der Waals surface area (Å²) in [6.45, 7) is 1.08. The van der Waals surface area contributed by atoms with E-state index in [0.29, 0.717) is 30.6 Å². The summed E-state index contributed by atoms with van der Waals surface area (Å²) in [5.41, 5.74) is 0.643. The molecule has 3 heteroatoms. The van der Waals surface area contributed by atoms with E-state index in [2.05, 4.69) is 22.4 Å². The van der Waals surface area contributed by atoms with Crippen molar-refractivity contribution < 1.29 is 0 Å². The Kier molecular flexibility index (Phi) is 6.96. The molecule has 0 unspecified atom stereocenters. The van der Waals surface area contributed by atoms with Crippen molar-refractivity contribution in [2.24, 2.45) is 21.8 Å². The van der Waals surface area contributed by atoms with E-state index in [4.69, 9.17) is 5.41 Å². The molecule has 2 saturated carbocycles. The van der Waals surface area contributed by atoms with Crippen LogP contribution in [0.1, 0.15) is 64.2 Å². The van der Waals surface area contributed by atoms with E-state index in [0.717, 1.165) is 0 Å². The third kappa shape index (κ3) is 5.98. The average molecular weight is 275 g/mol. The topological polar surface area (TPSA) is 48.6 Å². The van der Waals surface area contributed by atoms with Crippen LogP contribution in [0.5, 0.6) is 0 Å². The smallest absolute Gasteiger partial charge is 0.0780 e. The Morgan fingerprint density at radius 3 is 1.55 bits per heavy atom. The van der Waals surface area contributed by atoms with Gasteiger partial charge in [-0.3, -0.25) is 9.98 Å². The Morgan fingerprint density at radius 2 is 1.15 bits per heavy atom. The molecule has 0 saturated heterocycles. The molecule has 0 aromatic heterocycles. The first-order chi connectivity index (χ1) is 9.84. The molecule has 0 heterocycles. The van der Waals surface area contributed by atoms with Gasteiger partial charge in [0.15, 0.2) is 0 Å². The first kappa shape index (κ1) is 15.4. The molecule has 1 N–H and O–H groups in total. The second-order valence-electron chi connectivity index (χ2n) is 6.38. The molecule has 2 aliphatic carbocycles. The van der Waals surface area contributed by atoms with Crippen LogP contribution >= 0.6 is 0 Å². The highest BCUT2D eigenvalue weighted by Crippen LogP contribution is 2.22. The number of nitrogens with one attached hydrogen (secondary N) is 1. The number of hydrogen-bond donors (Lipinski definition) is 1. The SMILES string of the molecule is N=C(CN=CC1CCCCC1)CN=CC1CCCCC1. The second-order valence-corrected chi connectivity index (χ2v) is 6.38. The zero-order chi connectivity index (χ0) is 14.0. The van der Waals surface area contributed by atoms with E-state index in [1.54, 1.807) is 0 Å². The molecule has 0 atom stereocenters. The third-order valence-electron chi connectivity index (χ3n) is 4.50. The monoisotopic (exact) mass is 275 g/mol. The Hall–Kier alpha value is -0.990. The second kappa shape index (κ2) is 9.04. The normalized spacial score (nSPS) is 22.8. The van der Waals surface area contributed by atoms with Crippen LogP contribution in [0, 0.1) is 17.2 Å². The minimum Gasteiger partial charge on any atom is -0.306 e. The molecule has 112 valence electrons. The number of hydrogen-bond acceptors (Lipinski definition) is 3. The maximum Gasteiger partial charge on any atom is 0.0780 e. The molecular formula is C17H29N3. The summed E-state index contributed by atoms with van der Waals surface area (Å²) in [5.74, 6) is 1.34. The maximum absolute atomic E-state index is 7.90. The molecular weight excluding hydrogens is 246 g/mol. The largest absolute Gasteiger partial charge is 0.306 e. The van der Waals surface area contributed by atoms with Crippen LogP contribution in [0.3, 0.4) is 0 Å². The summed E-state index contributed by atoms with van der Waals surface area (Å²) in [6.07, 6.45) is 17.5. The molecule has 0 radical (unpaired) electrons. The molecule has 0 aliphatic heterocycles. The molecule has 20 heavy (non-hydrogen) atoms. The van der Waals surface area contributed by atoms with Gasteiger partial charge in [0.05, 0.1) is 18.8 Å². The van der Waals surface area contributed by atoms with Gasteiger partial charge in [-0.15, -0.1) is 0 Å². The van der Waals surface area contributed by atoms with Crippen molar-refractivity contribution >= 4 is 18.1 Å². The minimum atomic E-state index is 0.540. The zero-order valence-corrected chi connectivity index (χ0v) is 12.7. The van der Waals surface area contributed by atoms with E-state index in [-0.39, 0.29) is 0 Å². The molecule has 0 aromatic rings. The van der Waals surface area contributed by atoms with Gasteiger partial charge in [-0.05, 0) is 37.5 Å². The highest BCUT2D eigenvalue weighted by atomic mass is 14.8. The van der Waals surface area contributed by atoms with E-state index in [1.807, 2.05) is 0 Å². The van der Waals surface area contributed by atoms with Crippen LogP contribution in [0.2, 0.25) is 0 Å². The molecule has 2 aliphatic rings. The standard InChI is InChI=1S/C17H29N3/c18-17(13-19-11-15-7-3-1-4-8-15)14-20-12-16-9-5-2-6-10-16/h11-12,15-16,18H,1-10,13-14H2. The number of aliphatic imine (C=N–C) groups is 2. The van der Waals surface area contributed by atoms with Crippen molar-refractivity contribution in [1.29, 1.82) is 5.41 Å². The summed E-state index contributed by atoms with van der Waals surface area (Å²) in [6, 6.07) is 0. The van der Waals surface area contributed by atoms with Gasteiger partial charge in [-0.2, -0.15) is 0 Å². The lowest BCUT2D eigenvalue weighted by atomic mass is 9.90. The Balaban J connectivity index is 1.59. The van der Waals surface area contributed by atoms with Gasteiger partial charge in [0.2, 0.25) is 0 Å². The highest BCUT2D eigenvalue weighted by molar-refractivity contribution is 5.87. The first-order valence-electron chi connectivity index (χ1n) is 8.41. The number of rotatable bonds is 6. The fourth-order valence-corrected chi connectivity index (χ4v) is 3.24. The summed E-state index contributed by atoms with van der Waals surface area (Å²) in [7, 11) is 0. The molecule has 0 spiro atoms. The van der Waals surface area contributed by atoms with E-state index >= 15 is 0 Å². The van der Waals surface area contributed by atoms with Crippen molar-refractivity contribution in [3.8, 4) is 0 Å². The first-order valence-corrected chi connectivity index (χ1v) is 8.41. The average Bonchev–Trinajstić information content (AvgIpc) is 2.49. The van der Waals surface area contributed by atoms with Gasteiger partial charge in [-0.25, -0.2) is 0 Å². The van der Waals surface area contributed by atoms with Crippen molar-refractivity contribution in [2.45, 2.75) is 64.2 Å². The Morgan fingerprint density at radius 1 is 0.750 bits per heavy atom. The van der Waals surface area contributed by atoms with Gasteiger partial charge >= 0.3 is 0 Å². The van der Waals surface area contributed by atoms with Gasteiger partial charge in [0.25, 0.3) is 0 Å². The Labute approximate surface area is 123 Å².